The van der Waals surface area contributed by atoms with Crippen LogP contribution in [0.4, 0.5) is 10.5 Å². The van der Waals surface area contributed by atoms with Crippen molar-refractivity contribution >= 4 is 35.5 Å². The third kappa shape index (κ3) is 4.59. The van der Waals surface area contributed by atoms with E-state index >= 15 is 0 Å². The van der Waals surface area contributed by atoms with Gasteiger partial charge in [0.2, 0.25) is 0 Å². The fourth-order valence-corrected chi connectivity index (χ4v) is 4.33. The van der Waals surface area contributed by atoms with Crippen molar-refractivity contribution in [1.29, 1.82) is 0 Å². The van der Waals surface area contributed by atoms with Crippen molar-refractivity contribution < 1.29 is 33.4 Å². The summed E-state index contributed by atoms with van der Waals surface area (Å²) in [6, 6.07) is 10.4. The summed E-state index contributed by atoms with van der Waals surface area (Å²) in [6.45, 7) is 2.77. The normalized spacial score (nSPS) is 15.6. The number of hydrogen-bond acceptors (Lipinski definition) is 7. The standard InChI is InChI=1S/C25H25N3O7/c1-3-35-25(33)27-12-10-16(11-13-27)28-22(30)17-9-8-15(14-19(17)23(28)31)21(29)26-20-7-5-4-6-18(20)24(32)34-2/h4-9,14,16H,3,10-13H2,1-2H3,(H,26,29). The Morgan fingerprint density at radius 1 is 1.00 bits per heavy atom. The van der Waals surface area contributed by atoms with Gasteiger partial charge in [-0.2, -0.15) is 0 Å². The van der Waals surface area contributed by atoms with E-state index < -0.39 is 29.8 Å². The number of fused-ring (bicyclic) bond motifs is 1. The number of ether oxygens (including phenoxy) is 2. The highest BCUT2D eigenvalue weighted by atomic mass is 16.6. The number of para-hydroxylation sites is 1. The number of carbonyl (C=O) groups is 5. The number of anilines is 1. The van der Waals surface area contributed by atoms with E-state index in [4.69, 9.17) is 9.47 Å². The SMILES string of the molecule is CCOC(=O)N1CCC(N2C(=O)c3ccc(C(=O)Nc4ccccc4C(=O)OC)cc3C2=O)CC1. The van der Waals surface area contributed by atoms with E-state index in [9.17, 15) is 24.0 Å². The number of imide groups is 1. The van der Waals surface area contributed by atoms with Gasteiger partial charge in [0, 0.05) is 24.7 Å². The number of nitrogens with zero attached hydrogens (tertiary/aromatic N) is 2. The molecule has 10 nitrogen and oxygen atoms in total. The Labute approximate surface area is 201 Å². The smallest absolute Gasteiger partial charge is 0.409 e. The van der Waals surface area contributed by atoms with Crippen LogP contribution >= 0.6 is 0 Å². The van der Waals surface area contributed by atoms with Crippen LogP contribution in [0.2, 0.25) is 0 Å². The van der Waals surface area contributed by atoms with Crippen LogP contribution in [0, 0.1) is 0 Å². The Bertz CT molecular complexity index is 1200. The second kappa shape index (κ2) is 9.96. The van der Waals surface area contributed by atoms with Gasteiger partial charge >= 0.3 is 12.1 Å². The summed E-state index contributed by atoms with van der Waals surface area (Å²) in [5.74, 6) is -2.02. The average molecular weight is 479 g/mol. The van der Waals surface area contributed by atoms with Crippen molar-refractivity contribution in [2.75, 3.05) is 32.1 Å². The Hall–Kier alpha value is -4.21. The predicted octanol–water partition coefficient (Wildman–Crippen LogP) is 2.94. The van der Waals surface area contributed by atoms with Gasteiger partial charge in [0.1, 0.15) is 0 Å². The number of nitrogens with one attached hydrogen (secondary N) is 1. The van der Waals surface area contributed by atoms with Gasteiger partial charge in [0.05, 0.1) is 36.1 Å². The molecule has 0 spiro atoms. The Morgan fingerprint density at radius 3 is 2.37 bits per heavy atom. The number of hydrogen-bond donors (Lipinski definition) is 1. The second-order valence-electron chi connectivity index (χ2n) is 8.15. The zero-order chi connectivity index (χ0) is 25.1. The first-order chi connectivity index (χ1) is 16.8. The maximum Gasteiger partial charge on any atom is 0.409 e. The zero-order valence-electron chi connectivity index (χ0n) is 19.4. The molecule has 2 aromatic rings. The van der Waals surface area contributed by atoms with Crippen LogP contribution in [0.25, 0.3) is 0 Å². The maximum absolute atomic E-state index is 13.1. The number of carbonyl (C=O) groups excluding carboxylic acids is 5. The molecular formula is C25H25N3O7. The fourth-order valence-electron chi connectivity index (χ4n) is 4.33. The number of benzene rings is 2. The van der Waals surface area contributed by atoms with Crippen LogP contribution in [0.3, 0.4) is 0 Å². The topological polar surface area (TPSA) is 122 Å². The Balaban J connectivity index is 1.49. The molecule has 35 heavy (non-hydrogen) atoms. The largest absolute Gasteiger partial charge is 0.465 e. The highest BCUT2D eigenvalue weighted by Crippen LogP contribution is 2.30. The van der Waals surface area contributed by atoms with Crippen molar-refractivity contribution in [3.63, 3.8) is 0 Å². The molecule has 4 rings (SSSR count). The molecule has 0 aliphatic carbocycles. The molecule has 0 unspecified atom stereocenters. The molecule has 2 aliphatic heterocycles. The molecule has 0 bridgehead atoms. The van der Waals surface area contributed by atoms with Crippen molar-refractivity contribution in [2.24, 2.45) is 0 Å². The molecule has 0 atom stereocenters. The summed E-state index contributed by atoms with van der Waals surface area (Å²) in [6.07, 6.45) is 0.488. The summed E-state index contributed by atoms with van der Waals surface area (Å²) >= 11 is 0. The minimum atomic E-state index is -0.597. The first-order valence-electron chi connectivity index (χ1n) is 11.3. The van der Waals surface area contributed by atoms with E-state index in [1.807, 2.05) is 0 Å². The number of likely N-dealkylation sites (tertiary alicyclic amines) is 1. The first kappa shape index (κ1) is 23.9. The van der Waals surface area contributed by atoms with Crippen LogP contribution < -0.4 is 5.32 Å². The molecule has 0 saturated carbocycles. The molecule has 2 aromatic carbocycles. The quantitative estimate of drug-likeness (QED) is 0.517. The molecule has 1 saturated heterocycles. The average Bonchev–Trinajstić information content (AvgIpc) is 3.13. The number of esters is 1. The molecule has 2 heterocycles. The highest BCUT2D eigenvalue weighted by Gasteiger charge is 2.41. The van der Waals surface area contributed by atoms with Gasteiger partial charge < -0.3 is 19.7 Å². The van der Waals surface area contributed by atoms with Crippen molar-refractivity contribution in [1.82, 2.24) is 9.80 Å². The lowest BCUT2D eigenvalue weighted by Gasteiger charge is -2.35. The lowest BCUT2D eigenvalue weighted by Crippen LogP contribution is -2.48. The van der Waals surface area contributed by atoms with Crippen molar-refractivity contribution in [3.8, 4) is 0 Å². The summed E-state index contributed by atoms with van der Waals surface area (Å²) in [7, 11) is 1.25. The molecule has 1 fully saturated rings. The van der Waals surface area contributed by atoms with E-state index in [0.29, 0.717) is 25.9 Å². The third-order valence-corrected chi connectivity index (χ3v) is 6.12. The molecule has 0 aromatic heterocycles. The van der Waals surface area contributed by atoms with Crippen LogP contribution in [0.5, 0.6) is 0 Å². The molecule has 4 amide bonds. The molecule has 10 heteroatoms. The molecule has 182 valence electrons. The Morgan fingerprint density at radius 2 is 1.69 bits per heavy atom. The zero-order valence-corrected chi connectivity index (χ0v) is 19.4. The summed E-state index contributed by atoms with van der Waals surface area (Å²) < 4.78 is 9.76. The minimum Gasteiger partial charge on any atom is -0.465 e. The van der Waals surface area contributed by atoms with E-state index in [0.717, 1.165) is 0 Å². The molecule has 0 radical (unpaired) electrons. The van der Waals surface area contributed by atoms with Gasteiger partial charge in [-0.05, 0) is 50.1 Å². The third-order valence-electron chi connectivity index (χ3n) is 6.12. The summed E-state index contributed by atoms with van der Waals surface area (Å²) in [5.41, 5.74) is 1.01. The Kier molecular flexibility index (Phi) is 6.81. The summed E-state index contributed by atoms with van der Waals surface area (Å²) in [4.78, 5) is 65.7. The number of amides is 4. The van der Waals surface area contributed by atoms with Gasteiger partial charge in [-0.1, -0.05) is 12.1 Å². The number of piperidine rings is 1. The van der Waals surface area contributed by atoms with Gasteiger partial charge in [-0.25, -0.2) is 9.59 Å². The monoisotopic (exact) mass is 479 g/mol. The lowest BCUT2D eigenvalue weighted by atomic mass is 10.0. The first-order valence-corrected chi connectivity index (χ1v) is 11.3. The summed E-state index contributed by atoms with van der Waals surface area (Å²) in [5, 5.41) is 2.66. The van der Waals surface area contributed by atoms with E-state index in [1.54, 1.807) is 30.0 Å². The lowest BCUT2D eigenvalue weighted by molar-refractivity contribution is 0.0483. The molecular weight excluding hydrogens is 454 g/mol. The predicted molar refractivity (Wildman–Crippen MR) is 124 cm³/mol. The second-order valence-corrected chi connectivity index (χ2v) is 8.15. The van der Waals surface area contributed by atoms with Crippen LogP contribution in [-0.2, 0) is 9.47 Å². The minimum absolute atomic E-state index is 0.150. The maximum atomic E-state index is 13.1. The van der Waals surface area contributed by atoms with E-state index in [1.165, 1.54) is 36.3 Å². The fraction of sp³-hybridized carbons (Fsp3) is 0.320. The van der Waals surface area contributed by atoms with Crippen LogP contribution in [0.1, 0.15) is 61.2 Å². The molecule has 1 N–H and O–H groups in total. The molecule has 2 aliphatic rings. The van der Waals surface area contributed by atoms with Crippen LogP contribution in [-0.4, -0.2) is 72.4 Å². The van der Waals surface area contributed by atoms with Crippen LogP contribution in [0.15, 0.2) is 42.5 Å². The number of methoxy groups -OCH3 is 1. The van der Waals surface area contributed by atoms with E-state index in [2.05, 4.69) is 5.32 Å². The van der Waals surface area contributed by atoms with Crippen molar-refractivity contribution in [3.05, 3.63) is 64.7 Å². The van der Waals surface area contributed by atoms with Crippen molar-refractivity contribution in [2.45, 2.75) is 25.8 Å². The van der Waals surface area contributed by atoms with Gasteiger partial charge in [0.15, 0.2) is 0 Å². The highest BCUT2D eigenvalue weighted by molar-refractivity contribution is 6.22. The van der Waals surface area contributed by atoms with E-state index in [-0.39, 0.29) is 40.6 Å². The number of rotatable bonds is 5. The van der Waals surface area contributed by atoms with Gasteiger partial charge in [0.25, 0.3) is 17.7 Å². The van der Waals surface area contributed by atoms with Gasteiger partial charge in [-0.15, -0.1) is 0 Å². The van der Waals surface area contributed by atoms with Gasteiger partial charge in [-0.3, -0.25) is 19.3 Å².